The molecule has 0 spiro atoms. The van der Waals surface area contributed by atoms with Crippen LogP contribution in [0.25, 0.3) is 0 Å². The molecule has 2 atom stereocenters. The van der Waals surface area contributed by atoms with E-state index in [1.54, 1.807) is 6.92 Å². The molecule has 0 saturated carbocycles. The van der Waals surface area contributed by atoms with Crippen molar-refractivity contribution in [1.29, 1.82) is 0 Å². The van der Waals surface area contributed by atoms with E-state index in [1.165, 1.54) is 26.0 Å². The monoisotopic (exact) mass is 504 g/mol. The lowest BCUT2D eigenvalue weighted by molar-refractivity contribution is -0.252. The maximum absolute atomic E-state index is 14.7. The molecule has 1 aromatic carbocycles. The number of alkyl halides is 3. The van der Waals surface area contributed by atoms with E-state index < -0.39 is 23.1 Å². The number of hydrogen-bond acceptors (Lipinski definition) is 1. The summed E-state index contributed by atoms with van der Waals surface area (Å²) in [5.41, 5.74) is -0.934. The molecule has 0 aromatic heterocycles. The zero-order valence-corrected chi connectivity index (χ0v) is 19.1. The van der Waals surface area contributed by atoms with E-state index in [2.05, 4.69) is 36.4 Å². The van der Waals surface area contributed by atoms with Gasteiger partial charge in [-0.15, -0.1) is 0 Å². The molecule has 0 aliphatic heterocycles. The van der Waals surface area contributed by atoms with Gasteiger partial charge in [-0.05, 0) is 43.7 Å². The molecule has 0 saturated heterocycles. The van der Waals surface area contributed by atoms with Crippen molar-refractivity contribution in [2.45, 2.75) is 76.8 Å². The third-order valence-corrected chi connectivity index (χ3v) is 6.43. The molecule has 150 valence electrons. The van der Waals surface area contributed by atoms with Crippen molar-refractivity contribution in [3.63, 3.8) is 0 Å². The first kappa shape index (κ1) is 23.9. The van der Waals surface area contributed by atoms with Crippen molar-refractivity contribution < 1.29 is 17.9 Å². The van der Waals surface area contributed by atoms with Gasteiger partial charge in [-0.25, -0.2) is 4.39 Å². The van der Waals surface area contributed by atoms with E-state index in [-0.39, 0.29) is 5.02 Å². The topological polar surface area (TPSA) is 9.23 Å². The first-order valence-corrected chi connectivity index (χ1v) is 10.7. The lowest BCUT2D eigenvalue weighted by Gasteiger charge is -2.34. The average molecular weight is 505 g/mol. The van der Waals surface area contributed by atoms with Gasteiger partial charge in [0.05, 0.1) is 10.4 Å². The number of aryl methyl sites for hydroxylation is 1. The highest BCUT2D eigenvalue weighted by Crippen LogP contribution is 2.43. The maximum Gasteiger partial charge on any atom is 0.403 e. The molecule has 0 N–H and O–H groups in total. The molecule has 0 radical (unpaired) electrons. The summed E-state index contributed by atoms with van der Waals surface area (Å²) in [5, 5.41) is -0.186. The van der Waals surface area contributed by atoms with Crippen molar-refractivity contribution in [1.82, 2.24) is 0 Å². The van der Waals surface area contributed by atoms with Gasteiger partial charge in [0.15, 0.2) is 11.6 Å². The molecular weight excluding hydrogens is 476 g/mol. The molecule has 26 heavy (non-hydrogen) atoms. The van der Waals surface area contributed by atoms with Crippen molar-refractivity contribution in [3.8, 4) is 5.75 Å². The van der Waals surface area contributed by atoms with Crippen LogP contribution in [-0.2, 0) is 0 Å². The van der Waals surface area contributed by atoms with Crippen molar-refractivity contribution >= 4 is 34.2 Å². The summed E-state index contributed by atoms with van der Waals surface area (Å²) in [6.07, 6.45) is 0.579. The molecule has 6 heteroatoms. The third kappa shape index (κ3) is 6.18. The van der Waals surface area contributed by atoms with E-state index >= 15 is 0 Å². The van der Waals surface area contributed by atoms with Crippen LogP contribution in [0.3, 0.4) is 0 Å². The summed E-state index contributed by atoms with van der Waals surface area (Å²) in [6.45, 7) is 8.83. The Hall–Kier alpha value is -0.170. The molecule has 2 unspecified atom stereocenters. The van der Waals surface area contributed by atoms with Crippen LogP contribution in [0.15, 0.2) is 12.1 Å². The summed E-state index contributed by atoms with van der Waals surface area (Å²) in [5.74, 6) is -0.924. The van der Waals surface area contributed by atoms with Crippen LogP contribution in [0, 0.1) is 24.1 Å². The predicted molar refractivity (Wildman–Crippen MR) is 111 cm³/mol. The van der Waals surface area contributed by atoms with E-state index in [0.29, 0.717) is 28.2 Å². The van der Waals surface area contributed by atoms with E-state index in [9.17, 15) is 13.2 Å². The SMILES string of the molecule is CCCC(CCCC(C)(C)C(F)(F)Oc1ccc(C)c(Cl)c1F)C(C)I. The van der Waals surface area contributed by atoms with Gasteiger partial charge >= 0.3 is 6.11 Å². The molecule has 1 rings (SSSR count). The van der Waals surface area contributed by atoms with Gasteiger partial charge < -0.3 is 4.74 Å². The molecule has 0 heterocycles. The molecule has 0 aliphatic carbocycles. The van der Waals surface area contributed by atoms with E-state index in [4.69, 9.17) is 16.3 Å². The molecule has 1 nitrogen and oxygen atoms in total. The second kappa shape index (κ2) is 9.85. The summed E-state index contributed by atoms with van der Waals surface area (Å²) in [7, 11) is 0. The van der Waals surface area contributed by atoms with Crippen molar-refractivity contribution in [2.24, 2.45) is 11.3 Å². The predicted octanol–water partition coefficient (Wildman–Crippen LogP) is 8.20. The minimum absolute atomic E-state index is 0.186. The smallest absolute Gasteiger partial charge is 0.403 e. The van der Waals surface area contributed by atoms with E-state index in [1.807, 2.05) is 0 Å². The fraction of sp³-hybridized carbons (Fsp3) is 0.700. The number of hydrogen-bond donors (Lipinski definition) is 0. The average Bonchev–Trinajstić information content (AvgIpc) is 2.54. The number of ether oxygens (including phenoxy) is 1. The van der Waals surface area contributed by atoms with Gasteiger partial charge in [-0.2, -0.15) is 8.78 Å². The van der Waals surface area contributed by atoms with Crippen LogP contribution in [0.4, 0.5) is 13.2 Å². The summed E-state index contributed by atoms with van der Waals surface area (Å²) >= 11 is 8.20. The van der Waals surface area contributed by atoms with Crippen molar-refractivity contribution in [3.05, 3.63) is 28.5 Å². The molecular formula is C20H29ClF3IO. The molecule has 0 fully saturated rings. The fourth-order valence-electron chi connectivity index (χ4n) is 2.91. The summed E-state index contributed by atoms with van der Waals surface area (Å²) < 4.78 is 48.8. The Bertz CT molecular complexity index is 591. The number of benzene rings is 1. The Kier molecular flexibility index (Phi) is 9.04. The maximum atomic E-state index is 14.7. The second-order valence-corrected chi connectivity index (χ2v) is 9.97. The normalized spacial score (nSPS) is 15.0. The third-order valence-electron chi connectivity index (χ3n) is 4.95. The minimum atomic E-state index is -3.50. The van der Waals surface area contributed by atoms with Gasteiger partial charge in [-0.1, -0.05) is 80.8 Å². The molecule has 0 amide bonds. The summed E-state index contributed by atoms with van der Waals surface area (Å²) in [6, 6.07) is 2.68. The molecule has 0 bridgehead atoms. The Morgan fingerprint density at radius 3 is 2.38 bits per heavy atom. The highest BCUT2D eigenvalue weighted by Gasteiger charge is 2.49. The lowest BCUT2D eigenvalue weighted by atomic mass is 9.83. The van der Waals surface area contributed by atoms with Crippen LogP contribution in [-0.4, -0.2) is 10.0 Å². The molecule has 0 aliphatic rings. The Labute approximate surface area is 174 Å². The zero-order valence-electron chi connectivity index (χ0n) is 16.1. The van der Waals surface area contributed by atoms with Gasteiger partial charge in [0.1, 0.15) is 0 Å². The van der Waals surface area contributed by atoms with Gasteiger partial charge in [0.2, 0.25) is 0 Å². The largest absolute Gasteiger partial charge is 0.429 e. The highest BCUT2D eigenvalue weighted by atomic mass is 127. The highest BCUT2D eigenvalue weighted by molar-refractivity contribution is 14.1. The van der Waals surface area contributed by atoms with Crippen molar-refractivity contribution in [2.75, 3.05) is 0 Å². The number of halogens is 5. The van der Waals surface area contributed by atoms with Gasteiger partial charge in [-0.3, -0.25) is 0 Å². The first-order chi connectivity index (χ1) is 11.9. The van der Waals surface area contributed by atoms with Crippen LogP contribution < -0.4 is 4.74 Å². The lowest BCUT2D eigenvalue weighted by Crippen LogP contribution is -2.42. The summed E-state index contributed by atoms with van der Waals surface area (Å²) in [4.78, 5) is 0. The minimum Gasteiger partial charge on any atom is -0.429 e. The Morgan fingerprint density at radius 1 is 1.23 bits per heavy atom. The van der Waals surface area contributed by atoms with Gasteiger partial charge in [0.25, 0.3) is 0 Å². The quantitative estimate of drug-likeness (QED) is 0.230. The standard InChI is InChI=1S/C20H29ClF3IO/c1-6-8-15(14(3)25)9-7-12-19(4,5)20(23,24)26-16-11-10-13(2)17(21)18(16)22/h10-11,14-15H,6-9,12H2,1-5H3. The van der Waals surface area contributed by atoms with Crippen LogP contribution in [0.2, 0.25) is 5.02 Å². The Morgan fingerprint density at radius 2 is 1.85 bits per heavy atom. The first-order valence-electron chi connectivity index (χ1n) is 9.08. The zero-order chi connectivity index (χ0) is 20.1. The van der Waals surface area contributed by atoms with E-state index in [0.717, 1.165) is 19.3 Å². The molecule has 1 aromatic rings. The second-order valence-electron chi connectivity index (χ2n) is 7.63. The van der Waals surface area contributed by atoms with Crippen LogP contribution >= 0.6 is 34.2 Å². The fourth-order valence-corrected chi connectivity index (χ4v) is 3.78. The number of rotatable bonds is 10. The Balaban J connectivity index is 2.78. The van der Waals surface area contributed by atoms with Crippen LogP contribution in [0.5, 0.6) is 5.75 Å². The van der Waals surface area contributed by atoms with Crippen LogP contribution in [0.1, 0.15) is 65.4 Å². The van der Waals surface area contributed by atoms with Gasteiger partial charge in [0, 0.05) is 3.92 Å².